The molecule has 1 aliphatic carbocycles. The van der Waals surface area contributed by atoms with E-state index in [9.17, 15) is 9.90 Å². The molecule has 1 N–H and O–H groups in total. The third-order valence-electron chi connectivity index (χ3n) is 4.29. The summed E-state index contributed by atoms with van der Waals surface area (Å²) in [6, 6.07) is 18.6. The van der Waals surface area contributed by atoms with Crippen molar-refractivity contribution in [3.05, 3.63) is 71.3 Å². The Bertz CT molecular complexity index is 604. The molecule has 20 heavy (non-hydrogen) atoms. The maximum absolute atomic E-state index is 11.3. The molecule has 0 radical (unpaired) electrons. The molecule has 0 aromatic heterocycles. The molecule has 0 fully saturated rings. The lowest BCUT2D eigenvalue weighted by Crippen LogP contribution is -2.21. The Labute approximate surface area is 119 Å². The lowest BCUT2D eigenvalue weighted by atomic mass is 9.71. The summed E-state index contributed by atoms with van der Waals surface area (Å²) >= 11 is 0. The van der Waals surface area contributed by atoms with Gasteiger partial charge in [-0.2, -0.15) is 0 Å². The van der Waals surface area contributed by atoms with Gasteiger partial charge in [0.1, 0.15) is 0 Å². The number of carboxylic acid groups (broad SMARTS) is 1. The Hall–Kier alpha value is -2.09. The van der Waals surface area contributed by atoms with Gasteiger partial charge in [0.25, 0.3) is 0 Å². The zero-order valence-electron chi connectivity index (χ0n) is 11.3. The molecule has 3 rings (SSSR count). The van der Waals surface area contributed by atoms with E-state index in [1.165, 1.54) is 16.7 Å². The molecule has 2 atom stereocenters. The number of hydrogen-bond acceptors (Lipinski definition) is 1. The smallest absolute Gasteiger partial charge is 0.303 e. The van der Waals surface area contributed by atoms with E-state index >= 15 is 0 Å². The van der Waals surface area contributed by atoms with E-state index in [4.69, 9.17) is 0 Å². The Morgan fingerprint density at radius 3 is 2.50 bits per heavy atom. The Balaban J connectivity index is 2.01. The molecule has 0 saturated heterocycles. The van der Waals surface area contributed by atoms with Gasteiger partial charge in [0.15, 0.2) is 0 Å². The summed E-state index contributed by atoms with van der Waals surface area (Å²) < 4.78 is 0. The summed E-state index contributed by atoms with van der Waals surface area (Å²) in [4.78, 5) is 11.3. The zero-order valence-corrected chi connectivity index (χ0v) is 11.3. The Kier molecular flexibility index (Phi) is 3.55. The second-order valence-electron chi connectivity index (χ2n) is 5.46. The summed E-state index contributed by atoms with van der Waals surface area (Å²) in [6.07, 6.45) is 2.27. The number of rotatable bonds is 3. The van der Waals surface area contributed by atoms with Crippen molar-refractivity contribution in [1.29, 1.82) is 0 Å². The van der Waals surface area contributed by atoms with Crippen LogP contribution in [0.15, 0.2) is 54.6 Å². The predicted octanol–water partition coefficient (Wildman–Crippen LogP) is 3.97. The molecule has 0 heterocycles. The maximum atomic E-state index is 11.3. The van der Waals surface area contributed by atoms with Gasteiger partial charge in [-0.15, -0.1) is 0 Å². The number of carbonyl (C=O) groups is 1. The summed E-state index contributed by atoms with van der Waals surface area (Å²) in [6.45, 7) is 0. The fraction of sp³-hybridized carbons (Fsp3) is 0.278. The van der Waals surface area contributed by atoms with Crippen LogP contribution in [-0.4, -0.2) is 11.1 Å². The highest BCUT2D eigenvalue weighted by Crippen LogP contribution is 2.44. The minimum Gasteiger partial charge on any atom is -0.481 e. The highest BCUT2D eigenvalue weighted by atomic mass is 16.4. The van der Waals surface area contributed by atoms with Crippen LogP contribution in [0.2, 0.25) is 0 Å². The van der Waals surface area contributed by atoms with Gasteiger partial charge in [0, 0.05) is 5.92 Å². The van der Waals surface area contributed by atoms with Crippen LogP contribution in [0.4, 0.5) is 0 Å². The van der Waals surface area contributed by atoms with Gasteiger partial charge in [-0.3, -0.25) is 4.79 Å². The van der Waals surface area contributed by atoms with Gasteiger partial charge in [0.05, 0.1) is 6.42 Å². The average Bonchev–Trinajstić information content (AvgIpc) is 2.48. The molecule has 0 bridgehead atoms. The molecule has 0 spiro atoms. The van der Waals surface area contributed by atoms with E-state index in [1.54, 1.807) is 0 Å². The summed E-state index contributed by atoms with van der Waals surface area (Å²) in [5, 5.41) is 9.26. The predicted molar refractivity (Wildman–Crippen MR) is 78.9 cm³/mol. The first-order chi connectivity index (χ1) is 9.75. The van der Waals surface area contributed by atoms with Crippen molar-refractivity contribution in [2.24, 2.45) is 0 Å². The molecular weight excluding hydrogens is 248 g/mol. The SMILES string of the molecule is O=C(O)C[C@H]1c2ccccc2CC[C@H]1c1ccccc1. The number of hydrogen-bond donors (Lipinski definition) is 1. The van der Waals surface area contributed by atoms with Crippen molar-refractivity contribution in [2.45, 2.75) is 31.1 Å². The molecule has 0 unspecified atom stereocenters. The number of aliphatic carboxylic acids is 1. The van der Waals surface area contributed by atoms with E-state index in [1.807, 2.05) is 30.3 Å². The fourth-order valence-electron chi connectivity index (χ4n) is 3.39. The summed E-state index contributed by atoms with van der Waals surface area (Å²) in [7, 11) is 0. The first-order valence-electron chi connectivity index (χ1n) is 7.10. The van der Waals surface area contributed by atoms with Crippen LogP contribution in [0.3, 0.4) is 0 Å². The highest BCUT2D eigenvalue weighted by molar-refractivity contribution is 5.68. The standard InChI is InChI=1S/C18H18O2/c19-18(20)12-17-15-9-5-4-8-14(15)10-11-16(17)13-6-2-1-3-7-13/h1-9,16-17H,10-12H2,(H,19,20)/t16-,17-/m0/s1. The first-order valence-corrected chi connectivity index (χ1v) is 7.10. The maximum Gasteiger partial charge on any atom is 0.303 e. The van der Waals surface area contributed by atoms with Gasteiger partial charge >= 0.3 is 5.97 Å². The van der Waals surface area contributed by atoms with E-state index in [0.717, 1.165) is 12.8 Å². The molecule has 1 aliphatic rings. The number of aryl methyl sites for hydroxylation is 1. The minimum atomic E-state index is -0.715. The molecule has 0 amide bonds. The molecule has 2 nitrogen and oxygen atoms in total. The van der Waals surface area contributed by atoms with Crippen LogP contribution < -0.4 is 0 Å². The van der Waals surface area contributed by atoms with Gasteiger partial charge in [-0.05, 0) is 35.4 Å². The first kappa shape index (κ1) is 12.9. The van der Waals surface area contributed by atoms with Gasteiger partial charge < -0.3 is 5.11 Å². The van der Waals surface area contributed by atoms with Crippen LogP contribution in [0.25, 0.3) is 0 Å². The number of benzene rings is 2. The molecule has 102 valence electrons. The van der Waals surface area contributed by atoms with Crippen LogP contribution in [0, 0.1) is 0 Å². The van der Waals surface area contributed by atoms with E-state index < -0.39 is 5.97 Å². The molecular formula is C18H18O2. The van der Waals surface area contributed by atoms with E-state index in [0.29, 0.717) is 5.92 Å². The largest absolute Gasteiger partial charge is 0.481 e. The van der Waals surface area contributed by atoms with Crippen molar-refractivity contribution in [2.75, 3.05) is 0 Å². The van der Waals surface area contributed by atoms with Gasteiger partial charge in [0.2, 0.25) is 0 Å². The second kappa shape index (κ2) is 5.49. The molecule has 2 aromatic carbocycles. The van der Waals surface area contributed by atoms with Crippen molar-refractivity contribution < 1.29 is 9.90 Å². The Morgan fingerprint density at radius 1 is 1.05 bits per heavy atom. The molecule has 2 aromatic rings. The van der Waals surface area contributed by atoms with Crippen LogP contribution >= 0.6 is 0 Å². The Morgan fingerprint density at radius 2 is 1.75 bits per heavy atom. The van der Waals surface area contributed by atoms with Crippen molar-refractivity contribution in [3.8, 4) is 0 Å². The van der Waals surface area contributed by atoms with Gasteiger partial charge in [-0.1, -0.05) is 54.6 Å². The van der Waals surface area contributed by atoms with Gasteiger partial charge in [-0.25, -0.2) is 0 Å². The van der Waals surface area contributed by atoms with Crippen molar-refractivity contribution in [1.82, 2.24) is 0 Å². The lowest BCUT2D eigenvalue weighted by molar-refractivity contribution is -0.137. The van der Waals surface area contributed by atoms with E-state index in [-0.39, 0.29) is 12.3 Å². The summed E-state index contributed by atoms with van der Waals surface area (Å²) in [5.74, 6) is -0.324. The highest BCUT2D eigenvalue weighted by Gasteiger charge is 2.31. The zero-order chi connectivity index (χ0) is 13.9. The minimum absolute atomic E-state index is 0.0832. The fourth-order valence-corrected chi connectivity index (χ4v) is 3.39. The van der Waals surface area contributed by atoms with Crippen molar-refractivity contribution in [3.63, 3.8) is 0 Å². The molecule has 0 saturated carbocycles. The van der Waals surface area contributed by atoms with E-state index in [2.05, 4.69) is 24.3 Å². The monoisotopic (exact) mass is 266 g/mol. The van der Waals surface area contributed by atoms with Crippen LogP contribution in [-0.2, 0) is 11.2 Å². The van der Waals surface area contributed by atoms with Crippen molar-refractivity contribution >= 4 is 5.97 Å². The van der Waals surface area contributed by atoms with Crippen LogP contribution in [0.5, 0.6) is 0 Å². The topological polar surface area (TPSA) is 37.3 Å². The molecule has 0 aliphatic heterocycles. The third kappa shape index (κ3) is 2.46. The summed E-state index contributed by atoms with van der Waals surface area (Å²) in [5.41, 5.74) is 3.79. The number of fused-ring (bicyclic) bond motifs is 1. The molecule has 2 heteroatoms. The second-order valence-corrected chi connectivity index (χ2v) is 5.46. The normalized spacial score (nSPS) is 21.2. The number of carboxylic acids is 1. The third-order valence-corrected chi connectivity index (χ3v) is 4.29. The average molecular weight is 266 g/mol. The quantitative estimate of drug-likeness (QED) is 0.912. The van der Waals surface area contributed by atoms with Crippen LogP contribution in [0.1, 0.15) is 41.4 Å². The lowest BCUT2D eigenvalue weighted by Gasteiger charge is -2.33.